The lowest BCUT2D eigenvalue weighted by Crippen LogP contribution is -2.46. The molecule has 0 saturated carbocycles. The molecule has 2 aromatic rings. The summed E-state index contributed by atoms with van der Waals surface area (Å²) < 4.78 is 40.5. The van der Waals surface area contributed by atoms with Gasteiger partial charge >= 0.3 is 0 Å². The third-order valence-corrected chi connectivity index (χ3v) is 6.61. The molecule has 156 valence electrons. The number of carbonyl (C=O) groups excluding carboxylic acids is 1. The van der Waals surface area contributed by atoms with Gasteiger partial charge in [0.05, 0.1) is 11.4 Å². The van der Waals surface area contributed by atoms with Crippen LogP contribution in [0.25, 0.3) is 0 Å². The Hall–Kier alpha value is -2.29. The lowest BCUT2D eigenvalue weighted by atomic mass is 10.1. The smallest absolute Gasteiger partial charge is 0.240 e. The highest BCUT2D eigenvalue weighted by atomic mass is 32.2. The molecule has 1 fully saturated rings. The Morgan fingerprint density at radius 2 is 1.76 bits per heavy atom. The molecule has 0 aliphatic carbocycles. The second-order valence-corrected chi connectivity index (χ2v) is 8.90. The summed E-state index contributed by atoms with van der Waals surface area (Å²) in [4.78, 5) is 14.4. The number of carbonyl (C=O) groups is 1. The van der Waals surface area contributed by atoms with Gasteiger partial charge in [-0.05, 0) is 55.2 Å². The van der Waals surface area contributed by atoms with Gasteiger partial charge in [0.25, 0.3) is 0 Å². The molecule has 0 radical (unpaired) electrons. The number of rotatable bonds is 7. The van der Waals surface area contributed by atoms with Crippen molar-refractivity contribution in [3.05, 3.63) is 59.9 Å². The van der Waals surface area contributed by atoms with Crippen LogP contribution < -0.4 is 10.0 Å². The van der Waals surface area contributed by atoms with E-state index in [1.807, 2.05) is 36.1 Å². The Kier molecular flexibility index (Phi) is 7.00. The third kappa shape index (κ3) is 5.85. The number of sulfonamides is 1. The quantitative estimate of drug-likeness (QED) is 0.723. The highest BCUT2D eigenvalue weighted by Crippen LogP contribution is 2.17. The summed E-state index contributed by atoms with van der Waals surface area (Å²) in [5, 5.41) is 2.96. The van der Waals surface area contributed by atoms with Gasteiger partial charge < -0.3 is 5.32 Å². The number of anilines is 1. The van der Waals surface area contributed by atoms with Crippen LogP contribution in [0.2, 0.25) is 0 Å². The van der Waals surface area contributed by atoms with Gasteiger partial charge in [-0.25, -0.2) is 17.5 Å². The lowest BCUT2D eigenvalue weighted by molar-refractivity contribution is -0.117. The molecule has 2 N–H and O–H groups in total. The second kappa shape index (κ2) is 9.47. The van der Waals surface area contributed by atoms with Gasteiger partial charge in [-0.2, -0.15) is 0 Å². The summed E-state index contributed by atoms with van der Waals surface area (Å²) in [5.74, 6) is -0.548. The first-order valence-corrected chi connectivity index (χ1v) is 11.2. The van der Waals surface area contributed by atoms with Crippen LogP contribution in [-0.2, 0) is 21.2 Å². The first-order chi connectivity index (χ1) is 13.9. The van der Waals surface area contributed by atoms with Gasteiger partial charge in [0.2, 0.25) is 15.9 Å². The summed E-state index contributed by atoms with van der Waals surface area (Å²) in [7, 11) is -3.68. The number of nitrogens with zero attached hydrogens (tertiary/aromatic N) is 1. The average molecular weight is 420 g/mol. The van der Waals surface area contributed by atoms with E-state index in [2.05, 4.69) is 10.0 Å². The van der Waals surface area contributed by atoms with Crippen LogP contribution in [-0.4, -0.2) is 44.9 Å². The zero-order chi connectivity index (χ0) is 20.9. The minimum Gasteiger partial charge on any atom is -0.325 e. The Bertz CT molecular complexity index is 940. The zero-order valence-electron chi connectivity index (χ0n) is 16.4. The fourth-order valence-electron chi connectivity index (χ4n) is 3.45. The molecule has 1 amide bonds. The molecule has 3 rings (SSSR count). The normalized spacial score (nSPS) is 15.9. The summed E-state index contributed by atoms with van der Waals surface area (Å²) in [6, 6.07) is 12.3. The molecule has 0 spiro atoms. The van der Waals surface area contributed by atoms with Gasteiger partial charge in [-0.1, -0.05) is 25.1 Å². The van der Waals surface area contributed by atoms with Crippen LogP contribution in [0.1, 0.15) is 25.3 Å². The zero-order valence-corrected chi connectivity index (χ0v) is 17.2. The molecule has 29 heavy (non-hydrogen) atoms. The fraction of sp³-hybridized carbons (Fsp3) is 0.381. The fourth-order valence-corrected chi connectivity index (χ4v) is 4.76. The highest BCUT2D eigenvalue weighted by molar-refractivity contribution is 7.89. The van der Waals surface area contributed by atoms with Crippen LogP contribution >= 0.6 is 0 Å². The van der Waals surface area contributed by atoms with Crippen LogP contribution in [0.5, 0.6) is 0 Å². The first kappa shape index (κ1) is 21.4. The Morgan fingerprint density at radius 1 is 1.10 bits per heavy atom. The van der Waals surface area contributed by atoms with E-state index in [-0.39, 0.29) is 23.4 Å². The van der Waals surface area contributed by atoms with E-state index in [0.29, 0.717) is 25.9 Å². The van der Waals surface area contributed by atoms with E-state index in [4.69, 9.17) is 0 Å². The Balaban J connectivity index is 1.49. The number of likely N-dealkylation sites (tertiary alicyclic amines) is 1. The van der Waals surface area contributed by atoms with E-state index in [0.717, 1.165) is 29.8 Å². The van der Waals surface area contributed by atoms with E-state index in [1.165, 1.54) is 12.1 Å². The van der Waals surface area contributed by atoms with Crippen molar-refractivity contribution in [1.29, 1.82) is 0 Å². The number of piperidine rings is 1. The summed E-state index contributed by atoms with van der Waals surface area (Å²) in [6.07, 6.45) is 2.06. The minimum atomic E-state index is -3.68. The predicted molar refractivity (Wildman–Crippen MR) is 111 cm³/mol. The van der Waals surface area contributed by atoms with Crippen molar-refractivity contribution >= 4 is 21.6 Å². The standard InChI is InChI=1S/C21H26FN3O3S/c1-2-16-5-3-4-6-20(16)23-21(26)15-25-13-11-18(12-14-25)24-29(27,28)19-9-7-17(22)8-10-19/h3-10,18,24H,2,11-15H2,1H3,(H,23,26). The molecular weight excluding hydrogens is 393 g/mol. The van der Waals surface area contributed by atoms with Crippen molar-refractivity contribution in [3.63, 3.8) is 0 Å². The number of para-hydroxylation sites is 1. The second-order valence-electron chi connectivity index (χ2n) is 7.18. The molecule has 0 aromatic heterocycles. The molecule has 1 saturated heterocycles. The number of benzene rings is 2. The lowest BCUT2D eigenvalue weighted by Gasteiger charge is -2.31. The molecule has 1 aliphatic rings. The number of aryl methyl sites for hydroxylation is 1. The van der Waals surface area contributed by atoms with Crippen molar-refractivity contribution < 1.29 is 17.6 Å². The first-order valence-electron chi connectivity index (χ1n) is 9.75. The molecule has 1 aliphatic heterocycles. The molecule has 0 bridgehead atoms. The maximum absolute atomic E-state index is 13.0. The van der Waals surface area contributed by atoms with Crippen molar-refractivity contribution in [2.75, 3.05) is 25.0 Å². The van der Waals surface area contributed by atoms with Crippen molar-refractivity contribution in [2.24, 2.45) is 0 Å². The highest BCUT2D eigenvalue weighted by Gasteiger charge is 2.25. The summed E-state index contributed by atoms with van der Waals surface area (Å²) in [5.41, 5.74) is 1.93. The summed E-state index contributed by atoms with van der Waals surface area (Å²) >= 11 is 0. The van der Waals surface area contributed by atoms with Crippen LogP contribution in [0.4, 0.5) is 10.1 Å². The summed E-state index contributed by atoms with van der Waals surface area (Å²) in [6.45, 7) is 3.57. The maximum Gasteiger partial charge on any atom is 0.240 e. The van der Waals surface area contributed by atoms with Gasteiger partial charge in [-0.15, -0.1) is 0 Å². The monoisotopic (exact) mass is 419 g/mol. The van der Waals surface area contributed by atoms with E-state index < -0.39 is 15.8 Å². The van der Waals surface area contributed by atoms with Gasteiger partial charge in [0.15, 0.2) is 0 Å². The third-order valence-electron chi connectivity index (χ3n) is 5.07. The molecule has 2 aromatic carbocycles. The van der Waals surface area contributed by atoms with E-state index in [9.17, 15) is 17.6 Å². The van der Waals surface area contributed by atoms with Crippen LogP contribution in [0, 0.1) is 5.82 Å². The Labute approximate surface area is 171 Å². The molecule has 0 unspecified atom stereocenters. The Morgan fingerprint density at radius 3 is 2.41 bits per heavy atom. The van der Waals surface area contributed by atoms with E-state index in [1.54, 1.807) is 0 Å². The van der Waals surface area contributed by atoms with E-state index >= 15 is 0 Å². The van der Waals surface area contributed by atoms with Crippen molar-refractivity contribution in [3.8, 4) is 0 Å². The topological polar surface area (TPSA) is 78.5 Å². The largest absolute Gasteiger partial charge is 0.325 e. The average Bonchev–Trinajstić information content (AvgIpc) is 2.70. The molecule has 1 heterocycles. The van der Waals surface area contributed by atoms with Gasteiger partial charge in [0.1, 0.15) is 5.82 Å². The number of hydrogen-bond acceptors (Lipinski definition) is 4. The van der Waals surface area contributed by atoms with Gasteiger partial charge in [0, 0.05) is 24.8 Å². The van der Waals surface area contributed by atoms with Crippen LogP contribution in [0.15, 0.2) is 53.4 Å². The minimum absolute atomic E-state index is 0.0512. The van der Waals surface area contributed by atoms with Crippen molar-refractivity contribution in [1.82, 2.24) is 9.62 Å². The number of nitrogens with one attached hydrogen (secondary N) is 2. The van der Waals surface area contributed by atoms with Gasteiger partial charge in [-0.3, -0.25) is 9.69 Å². The number of amides is 1. The molecule has 6 nitrogen and oxygen atoms in total. The molecular formula is C21H26FN3O3S. The van der Waals surface area contributed by atoms with Crippen LogP contribution in [0.3, 0.4) is 0 Å². The molecule has 0 atom stereocenters. The number of hydrogen-bond donors (Lipinski definition) is 2. The maximum atomic E-state index is 13.0. The molecule has 8 heteroatoms. The predicted octanol–water partition coefficient (Wildman–Crippen LogP) is 2.77. The van der Waals surface area contributed by atoms with Crippen molar-refractivity contribution in [2.45, 2.75) is 37.1 Å². The number of halogens is 1. The SMILES string of the molecule is CCc1ccccc1NC(=O)CN1CCC(NS(=O)(=O)c2ccc(F)cc2)CC1.